The van der Waals surface area contributed by atoms with Crippen molar-refractivity contribution in [2.75, 3.05) is 0 Å². The largest absolute Gasteiger partial charge is 0.422 e. The van der Waals surface area contributed by atoms with Gasteiger partial charge in [0.25, 0.3) is 5.91 Å². The van der Waals surface area contributed by atoms with Crippen LogP contribution in [0.2, 0.25) is 10.0 Å². The number of aromatic nitrogens is 1. The predicted octanol–water partition coefficient (Wildman–Crippen LogP) is 7.89. The van der Waals surface area contributed by atoms with Gasteiger partial charge in [-0.15, -0.1) is 0 Å². The molecular weight excluding hydrogens is 589 g/mol. The molecule has 38 heavy (non-hydrogen) atoms. The fourth-order valence-electron chi connectivity index (χ4n) is 3.92. The van der Waals surface area contributed by atoms with Crippen molar-refractivity contribution in [1.29, 1.82) is 0 Å². The first-order valence-electron chi connectivity index (χ1n) is 11.4. The molecule has 1 amide bonds. The summed E-state index contributed by atoms with van der Waals surface area (Å²) in [4.78, 5) is 29.0. The first kappa shape index (κ1) is 25.7. The number of hydrogen-bond donors (Lipinski definition) is 2. The molecule has 188 valence electrons. The highest BCUT2D eigenvalue weighted by Gasteiger charge is 2.21. The van der Waals surface area contributed by atoms with Gasteiger partial charge in [0.2, 0.25) is 0 Å². The number of nitrogens with zero attached hydrogens (tertiary/aromatic N) is 1. The maximum Gasteiger partial charge on any atom is 0.343 e. The lowest BCUT2D eigenvalue weighted by Gasteiger charge is -2.08. The predicted molar refractivity (Wildman–Crippen MR) is 154 cm³/mol. The maximum atomic E-state index is 13.2. The monoisotopic (exact) mass is 605 g/mol. The molecule has 0 bridgehead atoms. The molecule has 5 aromatic rings. The van der Waals surface area contributed by atoms with Crippen LogP contribution in [0.4, 0.5) is 0 Å². The fraction of sp³-hybridized carbons (Fsp3) is 0. The third-order valence-electron chi connectivity index (χ3n) is 5.70. The highest BCUT2D eigenvalue weighted by Crippen LogP contribution is 2.37. The number of aromatic amines is 1. The number of esters is 1. The summed E-state index contributed by atoms with van der Waals surface area (Å²) in [6.45, 7) is 0. The lowest BCUT2D eigenvalue weighted by Crippen LogP contribution is -2.19. The molecule has 0 saturated heterocycles. The molecular formula is C29H18BrCl2N3O3. The number of benzene rings is 4. The van der Waals surface area contributed by atoms with Crippen LogP contribution in [0.15, 0.2) is 101 Å². The van der Waals surface area contributed by atoms with Gasteiger partial charge in [0.1, 0.15) is 11.4 Å². The first-order valence-corrected chi connectivity index (χ1v) is 12.9. The number of nitrogens with one attached hydrogen (secondary N) is 2. The Morgan fingerprint density at radius 1 is 0.921 bits per heavy atom. The number of carbonyl (C=O) groups is 2. The van der Waals surface area contributed by atoms with Gasteiger partial charge in [-0.25, -0.2) is 10.2 Å². The molecule has 0 fully saturated rings. The van der Waals surface area contributed by atoms with E-state index in [2.05, 4.69) is 31.4 Å². The van der Waals surface area contributed by atoms with Gasteiger partial charge in [0.05, 0.1) is 11.8 Å². The number of carbonyl (C=O) groups excluding carboxylic acids is 2. The number of H-pyrrole nitrogens is 1. The van der Waals surface area contributed by atoms with E-state index in [1.807, 2.05) is 18.2 Å². The van der Waals surface area contributed by atoms with Gasteiger partial charge in [-0.3, -0.25) is 4.79 Å². The van der Waals surface area contributed by atoms with Gasteiger partial charge in [-0.05, 0) is 60.7 Å². The van der Waals surface area contributed by atoms with Crippen LogP contribution in [0.3, 0.4) is 0 Å². The van der Waals surface area contributed by atoms with Gasteiger partial charge in [-0.1, -0.05) is 69.5 Å². The van der Waals surface area contributed by atoms with Crippen LogP contribution in [-0.4, -0.2) is 23.1 Å². The number of amides is 1. The van der Waals surface area contributed by atoms with E-state index in [9.17, 15) is 9.59 Å². The van der Waals surface area contributed by atoms with E-state index in [1.54, 1.807) is 72.8 Å². The van der Waals surface area contributed by atoms with E-state index >= 15 is 0 Å². The van der Waals surface area contributed by atoms with Gasteiger partial charge >= 0.3 is 5.97 Å². The van der Waals surface area contributed by atoms with Crippen molar-refractivity contribution in [2.45, 2.75) is 0 Å². The zero-order chi connectivity index (χ0) is 26.6. The number of fused-ring (bicyclic) bond motifs is 1. The summed E-state index contributed by atoms with van der Waals surface area (Å²) < 4.78 is 6.42. The normalized spacial score (nSPS) is 11.1. The summed E-state index contributed by atoms with van der Waals surface area (Å²) in [5, 5.41) is 5.89. The minimum Gasteiger partial charge on any atom is -0.422 e. The van der Waals surface area contributed by atoms with E-state index in [1.165, 1.54) is 6.21 Å². The summed E-state index contributed by atoms with van der Waals surface area (Å²) in [6, 6.07) is 26.3. The zero-order valence-electron chi connectivity index (χ0n) is 19.5. The average Bonchev–Trinajstić information content (AvgIpc) is 3.28. The summed E-state index contributed by atoms with van der Waals surface area (Å²) in [5.74, 6) is -0.688. The van der Waals surface area contributed by atoms with Crippen LogP contribution in [-0.2, 0) is 0 Å². The minimum atomic E-state index is -0.511. The van der Waals surface area contributed by atoms with Crippen molar-refractivity contribution in [1.82, 2.24) is 10.4 Å². The third kappa shape index (κ3) is 5.50. The molecule has 0 unspecified atom stereocenters. The highest BCUT2D eigenvalue weighted by molar-refractivity contribution is 9.10. The van der Waals surface area contributed by atoms with Crippen molar-refractivity contribution < 1.29 is 14.3 Å². The number of halogens is 3. The molecule has 0 aliphatic heterocycles. The van der Waals surface area contributed by atoms with Crippen LogP contribution in [0.25, 0.3) is 22.0 Å². The zero-order valence-corrected chi connectivity index (χ0v) is 22.6. The molecule has 0 radical (unpaired) electrons. The molecule has 6 nitrogen and oxygen atoms in total. The molecule has 9 heteroatoms. The van der Waals surface area contributed by atoms with Gasteiger partial charge < -0.3 is 9.72 Å². The molecule has 0 aliphatic carbocycles. The summed E-state index contributed by atoms with van der Waals surface area (Å²) in [5.41, 5.74) is 5.76. The second kappa shape index (κ2) is 11.2. The van der Waals surface area contributed by atoms with Crippen LogP contribution < -0.4 is 10.2 Å². The van der Waals surface area contributed by atoms with Crippen LogP contribution >= 0.6 is 39.1 Å². The van der Waals surface area contributed by atoms with Crippen molar-refractivity contribution in [2.24, 2.45) is 5.10 Å². The van der Waals surface area contributed by atoms with E-state index in [0.717, 1.165) is 15.4 Å². The van der Waals surface area contributed by atoms with Crippen molar-refractivity contribution in [3.63, 3.8) is 0 Å². The number of hydrazone groups is 1. The lowest BCUT2D eigenvalue weighted by molar-refractivity contribution is 0.0734. The van der Waals surface area contributed by atoms with E-state index in [-0.39, 0.29) is 5.69 Å². The Morgan fingerprint density at radius 3 is 2.45 bits per heavy atom. The van der Waals surface area contributed by atoms with Crippen LogP contribution in [0, 0.1) is 0 Å². The smallest absolute Gasteiger partial charge is 0.343 e. The van der Waals surface area contributed by atoms with Crippen LogP contribution in [0.1, 0.15) is 26.4 Å². The molecule has 4 aromatic carbocycles. The Kier molecular flexibility index (Phi) is 7.60. The quantitative estimate of drug-likeness (QED) is 0.0892. The maximum absolute atomic E-state index is 13.2. The Balaban J connectivity index is 1.40. The first-order chi connectivity index (χ1) is 18.4. The Hall–Kier alpha value is -3.91. The van der Waals surface area contributed by atoms with Gasteiger partial charge in [-0.2, -0.15) is 5.10 Å². The highest BCUT2D eigenvalue weighted by atomic mass is 79.9. The Morgan fingerprint density at radius 2 is 1.66 bits per heavy atom. The second-order valence-corrected chi connectivity index (χ2v) is 9.94. The molecule has 2 N–H and O–H groups in total. The van der Waals surface area contributed by atoms with Gasteiger partial charge in [0, 0.05) is 42.1 Å². The van der Waals surface area contributed by atoms with E-state index in [4.69, 9.17) is 27.9 Å². The molecule has 5 rings (SSSR count). The molecule has 0 atom stereocenters. The van der Waals surface area contributed by atoms with Crippen LogP contribution in [0.5, 0.6) is 5.75 Å². The SMILES string of the molecule is O=C(Oc1ccccc1C=NNC(=O)c1[nH]c2ccc(Cl)cc2c1-c1ccccc1Cl)c1ccc(Br)cc1. The van der Waals surface area contributed by atoms with Gasteiger partial charge in [0.15, 0.2) is 0 Å². The standard InChI is InChI=1S/C29H18BrCl2N3O3/c30-19-11-9-17(10-12-19)29(37)38-25-8-4-1-5-18(25)16-33-35-28(36)27-26(21-6-2-3-7-23(21)32)22-15-20(31)13-14-24(22)34-27/h1-16,34H,(H,35,36). The summed E-state index contributed by atoms with van der Waals surface area (Å²) in [7, 11) is 0. The van der Waals surface area contributed by atoms with Crippen molar-refractivity contribution >= 4 is 68.1 Å². The minimum absolute atomic E-state index is 0.280. The number of para-hydroxylation sites is 1. The molecule has 0 aliphatic rings. The fourth-order valence-corrected chi connectivity index (χ4v) is 4.59. The molecule has 1 heterocycles. The summed E-state index contributed by atoms with van der Waals surface area (Å²) >= 11 is 16.1. The summed E-state index contributed by atoms with van der Waals surface area (Å²) in [6.07, 6.45) is 1.41. The van der Waals surface area contributed by atoms with E-state index in [0.29, 0.717) is 38.0 Å². The number of rotatable bonds is 6. The Labute approximate surface area is 236 Å². The van der Waals surface area contributed by atoms with Crippen molar-refractivity contribution in [3.8, 4) is 16.9 Å². The second-order valence-electron chi connectivity index (χ2n) is 8.18. The average molecular weight is 607 g/mol. The lowest BCUT2D eigenvalue weighted by atomic mass is 10.0. The molecule has 0 spiro atoms. The van der Waals surface area contributed by atoms with E-state index < -0.39 is 11.9 Å². The molecule has 0 saturated carbocycles. The third-order valence-corrected chi connectivity index (χ3v) is 6.80. The van der Waals surface area contributed by atoms with Crippen molar-refractivity contribution in [3.05, 3.63) is 122 Å². The number of ether oxygens (including phenoxy) is 1. The molecule has 1 aromatic heterocycles. The number of hydrogen-bond acceptors (Lipinski definition) is 4. The topological polar surface area (TPSA) is 83.5 Å². The Bertz CT molecular complexity index is 1700.